The molecular weight excluding hydrogens is 366 g/mol. The number of likely N-dealkylation sites (tertiary alicyclic amines) is 1. The SMILES string of the molecule is CCn1nccc1CN1C[C@@H](C)[C@H](c2nc3c(cnn3C3CCCC3)c(=O)[nH]2)C1. The summed E-state index contributed by atoms with van der Waals surface area (Å²) in [7, 11) is 0. The first-order valence-corrected chi connectivity index (χ1v) is 10.8. The third-order valence-corrected chi connectivity index (χ3v) is 6.68. The summed E-state index contributed by atoms with van der Waals surface area (Å²) >= 11 is 0. The van der Waals surface area contributed by atoms with Crippen molar-refractivity contribution in [3.8, 4) is 0 Å². The lowest BCUT2D eigenvalue weighted by Crippen LogP contribution is -2.23. The zero-order valence-corrected chi connectivity index (χ0v) is 17.2. The molecular formula is C21H29N7O. The van der Waals surface area contributed by atoms with E-state index in [1.165, 1.54) is 18.5 Å². The van der Waals surface area contributed by atoms with Crippen molar-refractivity contribution in [1.82, 2.24) is 34.4 Å². The Balaban J connectivity index is 1.42. The predicted octanol–water partition coefficient (Wildman–Crippen LogP) is 2.69. The second-order valence-electron chi connectivity index (χ2n) is 8.63. The lowest BCUT2D eigenvalue weighted by molar-refractivity contribution is 0.307. The van der Waals surface area contributed by atoms with Crippen LogP contribution >= 0.6 is 0 Å². The van der Waals surface area contributed by atoms with Gasteiger partial charge in [0.05, 0.1) is 17.9 Å². The monoisotopic (exact) mass is 395 g/mol. The molecule has 3 aromatic rings. The van der Waals surface area contributed by atoms with Crippen LogP contribution < -0.4 is 5.56 Å². The summed E-state index contributed by atoms with van der Waals surface area (Å²) in [6.07, 6.45) is 8.25. The van der Waals surface area contributed by atoms with E-state index in [0.717, 1.165) is 50.5 Å². The van der Waals surface area contributed by atoms with Crippen molar-refractivity contribution in [3.05, 3.63) is 40.3 Å². The fourth-order valence-corrected chi connectivity index (χ4v) is 5.11. The highest BCUT2D eigenvalue weighted by molar-refractivity contribution is 5.73. The van der Waals surface area contributed by atoms with E-state index in [-0.39, 0.29) is 11.5 Å². The molecule has 29 heavy (non-hydrogen) atoms. The van der Waals surface area contributed by atoms with Crippen LogP contribution in [0.3, 0.4) is 0 Å². The van der Waals surface area contributed by atoms with Gasteiger partial charge in [-0.05, 0) is 31.7 Å². The number of aromatic nitrogens is 6. The molecule has 0 spiro atoms. The summed E-state index contributed by atoms with van der Waals surface area (Å²) in [5.74, 6) is 1.45. The number of nitrogens with one attached hydrogen (secondary N) is 1. The molecule has 8 heteroatoms. The molecule has 8 nitrogen and oxygen atoms in total. The Morgan fingerprint density at radius 3 is 2.83 bits per heavy atom. The van der Waals surface area contributed by atoms with Gasteiger partial charge in [0.1, 0.15) is 11.2 Å². The highest BCUT2D eigenvalue weighted by atomic mass is 16.1. The Morgan fingerprint density at radius 1 is 1.21 bits per heavy atom. The first kappa shape index (κ1) is 18.5. The third-order valence-electron chi connectivity index (χ3n) is 6.68. The van der Waals surface area contributed by atoms with Crippen LogP contribution in [-0.4, -0.2) is 47.5 Å². The molecule has 0 radical (unpaired) electrons. The van der Waals surface area contributed by atoms with Gasteiger partial charge in [-0.1, -0.05) is 19.8 Å². The summed E-state index contributed by atoms with van der Waals surface area (Å²) in [4.78, 5) is 23.2. The highest BCUT2D eigenvalue weighted by Crippen LogP contribution is 2.33. The molecule has 5 rings (SSSR count). The molecule has 2 atom stereocenters. The maximum Gasteiger partial charge on any atom is 0.262 e. The molecule has 1 aliphatic heterocycles. The number of fused-ring (bicyclic) bond motifs is 1. The van der Waals surface area contributed by atoms with Crippen molar-refractivity contribution in [1.29, 1.82) is 0 Å². The van der Waals surface area contributed by atoms with Crippen molar-refractivity contribution in [2.45, 2.75) is 64.6 Å². The fourth-order valence-electron chi connectivity index (χ4n) is 5.11. The summed E-state index contributed by atoms with van der Waals surface area (Å²) in [5, 5.41) is 9.51. The second kappa shape index (κ2) is 7.40. The minimum Gasteiger partial charge on any atom is -0.310 e. The van der Waals surface area contributed by atoms with Crippen LogP contribution in [0.2, 0.25) is 0 Å². The highest BCUT2D eigenvalue weighted by Gasteiger charge is 2.33. The minimum absolute atomic E-state index is 0.0658. The summed E-state index contributed by atoms with van der Waals surface area (Å²) in [5.41, 5.74) is 1.92. The largest absolute Gasteiger partial charge is 0.310 e. The lowest BCUT2D eigenvalue weighted by atomic mass is 9.97. The van der Waals surface area contributed by atoms with Gasteiger partial charge in [0.15, 0.2) is 5.65 Å². The maximum atomic E-state index is 12.7. The van der Waals surface area contributed by atoms with Crippen molar-refractivity contribution < 1.29 is 0 Å². The van der Waals surface area contributed by atoms with Gasteiger partial charge in [-0.3, -0.25) is 14.4 Å². The van der Waals surface area contributed by atoms with E-state index in [1.54, 1.807) is 6.20 Å². The maximum absolute atomic E-state index is 12.7. The second-order valence-corrected chi connectivity index (χ2v) is 8.63. The minimum atomic E-state index is -0.0658. The Kier molecular flexibility index (Phi) is 4.73. The van der Waals surface area contributed by atoms with Gasteiger partial charge in [-0.15, -0.1) is 0 Å². The summed E-state index contributed by atoms with van der Waals surface area (Å²) in [6.45, 7) is 8.00. The lowest BCUT2D eigenvalue weighted by Gasteiger charge is -2.17. The number of hydrogen-bond donors (Lipinski definition) is 1. The van der Waals surface area contributed by atoms with Crippen LogP contribution in [0.15, 0.2) is 23.3 Å². The average Bonchev–Trinajstić information content (AvgIpc) is 3.48. The molecule has 0 aromatic carbocycles. The molecule has 1 N–H and O–H groups in total. The van der Waals surface area contributed by atoms with Crippen LogP contribution in [0.25, 0.3) is 11.0 Å². The van der Waals surface area contributed by atoms with E-state index in [9.17, 15) is 4.79 Å². The van der Waals surface area contributed by atoms with E-state index in [1.807, 2.05) is 15.6 Å². The van der Waals surface area contributed by atoms with Crippen molar-refractivity contribution in [2.24, 2.45) is 5.92 Å². The molecule has 2 aliphatic rings. The van der Waals surface area contributed by atoms with Gasteiger partial charge in [-0.2, -0.15) is 10.2 Å². The number of aryl methyl sites for hydroxylation is 1. The van der Waals surface area contributed by atoms with E-state index in [4.69, 9.17) is 4.98 Å². The van der Waals surface area contributed by atoms with Gasteiger partial charge >= 0.3 is 0 Å². The quantitative estimate of drug-likeness (QED) is 0.718. The number of hydrogen-bond acceptors (Lipinski definition) is 5. The standard InChI is InChI=1S/C21H29N7O/c1-3-27-16(8-9-22-27)12-26-11-14(2)18(13-26)19-24-20-17(21(29)25-19)10-23-28(20)15-6-4-5-7-15/h8-10,14-15,18H,3-7,11-13H2,1-2H3,(H,24,25,29)/t14-,18-/m1/s1. The van der Waals surface area contributed by atoms with Gasteiger partial charge < -0.3 is 4.98 Å². The van der Waals surface area contributed by atoms with E-state index in [2.05, 4.69) is 40.0 Å². The molecule has 2 fully saturated rings. The number of rotatable bonds is 5. The molecule has 1 saturated heterocycles. The smallest absolute Gasteiger partial charge is 0.262 e. The average molecular weight is 396 g/mol. The summed E-state index contributed by atoms with van der Waals surface area (Å²) in [6, 6.07) is 2.47. The van der Waals surface area contributed by atoms with Gasteiger partial charge in [-0.25, -0.2) is 9.67 Å². The summed E-state index contributed by atoms with van der Waals surface area (Å²) < 4.78 is 4.04. The van der Waals surface area contributed by atoms with Crippen molar-refractivity contribution >= 4 is 11.0 Å². The predicted molar refractivity (Wildman–Crippen MR) is 111 cm³/mol. The van der Waals surface area contributed by atoms with Gasteiger partial charge in [0.2, 0.25) is 0 Å². The van der Waals surface area contributed by atoms with Crippen LogP contribution in [0.5, 0.6) is 0 Å². The Hall–Kier alpha value is -2.48. The first-order chi connectivity index (χ1) is 14.1. The fraction of sp³-hybridized carbons (Fsp3) is 0.619. The topological polar surface area (TPSA) is 84.6 Å². The van der Waals surface area contributed by atoms with Crippen LogP contribution in [-0.2, 0) is 13.1 Å². The molecule has 0 bridgehead atoms. The molecule has 1 aliphatic carbocycles. The molecule has 3 aromatic heterocycles. The van der Waals surface area contributed by atoms with Crippen LogP contribution in [0.4, 0.5) is 0 Å². The van der Waals surface area contributed by atoms with Crippen molar-refractivity contribution in [2.75, 3.05) is 13.1 Å². The third kappa shape index (κ3) is 3.29. The number of nitrogens with zero attached hydrogens (tertiary/aromatic N) is 6. The Bertz CT molecular complexity index is 1060. The van der Waals surface area contributed by atoms with Crippen molar-refractivity contribution in [3.63, 3.8) is 0 Å². The van der Waals surface area contributed by atoms with E-state index >= 15 is 0 Å². The molecule has 4 heterocycles. The zero-order chi connectivity index (χ0) is 20.0. The Morgan fingerprint density at radius 2 is 2.03 bits per heavy atom. The van der Waals surface area contributed by atoms with E-state index < -0.39 is 0 Å². The molecule has 0 unspecified atom stereocenters. The molecule has 0 amide bonds. The normalized spacial score (nSPS) is 23.5. The number of H-pyrrole nitrogens is 1. The molecule has 154 valence electrons. The molecule has 1 saturated carbocycles. The van der Waals surface area contributed by atoms with Crippen LogP contribution in [0, 0.1) is 5.92 Å². The zero-order valence-electron chi connectivity index (χ0n) is 17.2. The van der Waals surface area contributed by atoms with Gasteiger partial charge in [0, 0.05) is 38.3 Å². The first-order valence-electron chi connectivity index (χ1n) is 10.8. The van der Waals surface area contributed by atoms with Gasteiger partial charge in [0.25, 0.3) is 5.56 Å². The Labute approximate surface area is 169 Å². The number of aromatic amines is 1. The van der Waals surface area contributed by atoms with E-state index in [0.29, 0.717) is 17.3 Å². The van der Waals surface area contributed by atoms with Crippen LogP contribution in [0.1, 0.15) is 63.0 Å².